The molecule has 1 rings (SSSR count). The molecule has 3 N–H and O–H groups in total. The zero-order chi connectivity index (χ0) is 15.8. The standard InChI is InChI=1S/C14H23N3O3S/c1-9(2)4-11(5-13(18)19)6-15-14(20)16-7-12-17-10(3)8-21-12/h8-9,11H,4-7H2,1-3H3,(H,18,19)(H2,15,16,20)/t11-/m0/s1. The lowest BCUT2D eigenvalue weighted by atomic mass is 9.94. The van der Waals surface area contributed by atoms with Crippen molar-refractivity contribution < 1.29 is 14.7 Å². The molecule has 1 heterocycles. The summed E-state index contributed by atoms with van der Waals surface area (Å²) >= 11 is 1.50. The van der Waals surface area contributed by atoms with Gasteiger partial charge in [-0.25, -0.2) is 9.78 Å². The number of aromatic nitrogens is 1. The Kier molecular flexibility index (Phi) is 7.14. The molecule has 0 aliphatic carbocycles. The van der Waals surface area contributed by atoms with Crippen LogP contribution >= 0.6 is 11.3 Å². The van der Waals surface area contributed by atoms with Crippen molar-refractivity contribution in [3.05, 3.63) is 16.1 Å². The molecule has 21 heavy (non-hydrogen) atoms. The third kappa shape index (κ3) is 7.65. The van der Waals surface area contributed by atoms with Crippen LogP contribution in [0.2, 0.25) is 0 Å². The summed E-state index contributed by atoms with van der Waals surface area (Å²) in [5, 5.41) is 17.1. The molecule has 1 aromatic heterocycles. The largest absolute Gasteiger partial charge is 0.481 e. The van der Waals surface area contributed by atoms with E-state index in [9.17, 15) is 9.59 Å². The van der Waals surface area contributed by atoms with E-state index in [2.05, 4.69) is 15.6 Å². The second-order valence-corrected chi connectivity index (χ2v) is 6.48. The van der Waals surface area contributed by atoms with Gasteiger partial charge in [0.2, 0.25) is 0 Å². The fourth-order valence-electron chi connectivity index (χ4n) is 2.09. The average molecular weight is 313 g/mol. The van der Waals surface area contributed by atoms with Crippen molar-refractivity contribution >= 4 is 23.3 Å². The maximum atomic E-state index is 11.7. The number of hydrogen-bond donors (Lipinski definition) is 3. The van der Waals surface area contributed by atoms with Crippen molar-refractivity contribution in [1.29, 1.82) is 0 Å². The summed E-state index contributed by atoms with van der Waals surface area (Å²) in [7, 11) is 0. The number of urea groups is 1. The number of hydrogen-bond acceptors (Lipinski definition) is 4. The van der Waals surface area contributed by atoms with Crippen LogP contribution in [0, 0.1) is 18.8 Å². The van der Waals surface area contributed by atoms with Crippen LogP contribution in [0.3, 0.4) is 0 Å². The second kappa shape index (κ2) is 8.61. The Bertz CT molecular complexity index is 474. The van der Waals surface area contributed by atoms with Crippen molar-refractivity contribution in [2.24, 2.45) is 11.8 Å². The third-order valence-electron chi connectivity index (χ3n) is 2.89. The van der Waals surface area contributed by atoms with Gasteiger partial charge in [0.1, 0.15) is 5.01 Å². The number of carboxylic acids is 1. The summed E-state index contributed by atoms with van der Waals surface area (Å²) in [5.41, 5.74) is 0.940. The fourth-order valence-corrected chi connectivity index (χ4v) is 2.80. The molecule has 0 aliphatic rings. The molecule has 0 aliphatic heterocycles. The SMILES string of the molecule is Cc1csc(CNC(=O)NC[C@H](CC(=O)O)CC(C)C)n1. The number of thiazole rings is 1. The van der Waals surface area contributed by atoms with E-state index >= 15 is 0 Å². The third-order valence-corrected chi connectivity index (χ3v) is 3.85. The Hall–Kier alpha value is -1.63. The normalized spacial score (nSPS) is 12.2. The Morgan fingerprint density at radius 1 is 1.38 bits per heavy atom. The lowest BCUT2D eigenvalue weighted by Crippen LogP contribution is -2.38. The van der Waals surface area contributed by atoms with Gasteiger partial charge in [0, 0.05) is 24.0 Å². The molecule has 118 valence electrons. The molecular weight excluding hydrogens is 290 g/mol. The molecule has 1 aromatic rings. The van der Waals surface area contributed by atoms with Crippen LogP contribution in [0.5, 0.6) is 0 Å². The van der Waals surface area contributed by atoms with Crippen LogP contribution in [-0.4, -0.2) is 28.6 Å². The summed E-state index contributed by atoms with van der Waals surface area (Å²) in [6.45, 7) is 6.74. The predicted octanol–water partition coefficient (Wildman–Crippen LogP) is 2.39. The number of aliphatic carboxylic acids is 1. The van der Waals surface area contributed by atoms with Crippen molar-refractivity contribution in [3.8, 4) is 0 Å². The molecule has 1 atom stereocenters. The number of amides is 2. The summed E-state index contributed by atoms with van der Waals surface area (Å²) in [4.78, 5) is 26.8. The molecule has 0 saturated heterocycles. The van der Waals surface area contributed by atoms with Crippen LogP contribution in [0.25, 0.3) is 0 Å². The van der Waals surface area contributed by atoms with Gasteiger partial charge in [-0.3, -0.25) is 4.79 Å². The zero-order valence-electron chi connectivity index (χ0n) is 12.7. The molecular formula is C14H23N3O3S. The van der Waals surface area contributed by atoms with Gasteiger partial charge >= 0.3 is 12.0 Å². The van der Waals surface area contributed by atoms with E-state index in [-0.39, 0.29) is 18.4 Å². The number of nitrogens with one attached hydrogen (secondary N) is 2. The van der Waals surface area contributed by atoms with Crippen molar-refractivity contribution in [2.75, 3.05) is 6.54 Å². The summed E-state index contributed by atoms with van der Waals surface area (Å²) in [6.07, 6.45) is 0.850. The van der Waals surface area contributed by atoms with Crippen molar-refractivity contribution in [2.45, 2.75) is 40.2 Å². The number of carboxylic acid groups (broad SMARTS) is 1. The highest BCUT2D eigenvalue weighted by molar-refractivity contribution is 7.09. The minimum atomic E-state index is -0.832. The topological polar surface area (TPSA) is 91.3 Å². The van der Waals surface area contributed by atoms with Crippen LogP contribution in [0.4, 0.5) is 4.79 Å². The Morgan fingerprint density at radius 2 is 2.10 bits per heavy atom. The van der Waals surface area contributed by atoms with E-state index in [0.29, 0.717) is 19.0 Å². The van der Waals surface area contributed by atoms with Gasteiger partial charge in [0.25, 0.3) is 0 Å². The average Bonchev–Trinajstić information content (AvgIpc) is 2.78. The van der Waals surface area contributed by atoms with Gasteiger partial charge in [-0.15, -0.1) is 11.3 Å². The highest BCUT2D eigenvalue weighted by Crippen LogP contribution is 2.14. The Balaban J connectivity index is 2.33. The zero-order valence-corrected chi connectivity index (χ0v) is 13.5. The number of carbonyl (C=O) groups is 2. The monoisotopic (exact) mass is 313 g/mol. The van der Waals surface area contributed by atoms with Crippen LogP contribution in [0.15, 0.2) is 5.38 Å². The highest BCUT2D eigenvalue weighted by atomic mass is 32.1. The van der Waals surface area contributed by atoms with Crippen molar-refractivity contribution in [1.82, 2.24) is 15.6 Å². The molecule has 0 radical (unpaired) electrons. The van der Waals surface area contributed by atoms with E-state index in [1.807, 2.05) is 26.2 Å². The smallest absolute Gasteiger partial charge is 0.315 e. The second-order valence-electron chi connectivity index (χ2n) is 5.54. The number of nitrogens with zero attached hydrogens (tertiary/aromatic N) is 1. The van der Waals surface area contributed by atoms with Gasteiger partial charge in [-0.05, 0) is 25.2 Å². The first kappa shape index (κ1) is 17.4. The molecule has 0 bridgehead atoms. The van der Waals surface area contributed by atoms with Crippen LogP contribution in [-0.2, 0) is 11.3 Å². The molecule has 0 spiro atoms. The quantitative estimate of drug-likeness (QED) is 0.687. The molecule has 2 amide bonds. The van der Waals surface area contributed by atoms with Crippen LogP contribution < -0.4 is 10.6 Å². The molecule has 0 fully saturated rings. The molecule has 0 unspecified atom stereocenters. The minimum Gasteiger partial charge on any atom is -0.481 e. The molecule has 7 heteroatoms. The van der Waals surface area contributed by atoms with E-state index in [0.717, 1.165) is 17.1 Å². The maximum absolute atomic E-state index is 11.7. The first-order valence-corrected chi connectivity index (χ1v) is 7.89. The molecule has 6 nitrogen and oxygen atoms in total. The van der Waals surface area contributed by atoms with Gasteiger partial charge in [0.05, 0.1) is 6.54 Å². The Labute approximate surface area is 129 Å². The lowest BCUT2D eigenvalue weighted by Gasteiger charge is -2.17. The minimum absolute atomic E-state index is 0.0460. The van der Waals surface area contributed by atoms with E-state index < -0.39 is 5.97 Å². The fraction of sp³-hybridized carbons (Fsp3) is 0.643. The first-order chi connectivity index (χ1) is 9.86. The predicted molar refractivity (Wildman–Crippen MR) is 82.3 cm³/mol. The summed E-state index contributed by atoms with van der Waals surface area (Å²) in [6, 6.07) is -0.290. The maximum Gasteiger partial charge on any atom is 0.315 e. The van der Waals surface area contributed by atoms with Gasteiger partial charge in [-0.1, -0.05) is 13.8 Å². The van der Waals surface area contributed by atoms with Crippen LogP contribution in [0.1, 0.15) is 37.4 Å². The van der Waals surface area contributed by atoms with E-state index in [4.69, 9.17) is 5.11 Å². The number of rotatable bonds is 8. The highest BCUT2D eigenvalue weighted by Gasteiger charge is 2.16. The van der Waals surface area contributed by atoms with Gasteiger partial charge in [0.15, 0.2) is 0 Å². The van der Waals surface area contributed by atoms with Crippen molar-refractivity contribution in [3.63, 3.8) is 0 Å². The van der Waals surface area contributed by atoms with Gasteiger partial charge < -0.3 is 15.7 Å². The number of aryl methyl sites for hydroxylation is 1. The molecule has 0 saturated carbocycles. The summed E-state index contributed by atoms with van der Waals surface area (Å²) < 4.78 is 0. The number of carbonyl (C=O) groups excluding carboxylic acids is 1. The summed E-state index contributed by atoms with van der Waals surface area (Å²) in [5.74, 6) is -0.478. The Morgan fingerprint density at radius 3 is 2.62 bits per heavy atom. The van der Waals surface area contributed by atoms with E-state index in [1.54, 1.807) is 0 Å². The first-order valence-electron chi connectivity index (χ1n) is 7.01. The lowest BCUT2D eigenvalue weighted by molar-refractivity contribution is -0.138. The van der Waals surface area contributed by atoms with Gasteiger partial charge in [-0.2, -0.15) is 0 Å². The molecule has 0 aromatic carbocycles. The van der Waals surface area contributed by atoms with E-state index in [1.165, 1.54) is 11.3 Å².